The van der Waals surface area contributed by atoms with Crippen LogP contribution in [0.5, 0.6) is 0 Å². The molecule has 2 aromatic rings. The summed E-state index contributed by atoms with van der Waals surface area (Å²) in [7, 11) is 0. The van der Waals surface area contributed by atoms with Crippen molar-refractivity contribution in [3.05, 3.63) is 53.6 Å². The van der Waals surface area contributed by atoms with Crippen LogP contribution in [-0.4, -0.2) is 5.91 Å². The Morgan fingerprint density at radius 2 is 1.82 bits per heavy atom. The van der Waals surface area contributed by atoms with Crippen LogP contribution >= 0.6 is 11.8 Å². The molecule has 0 spiro atoms. The number of amides is 1. The fourth-order valence-electron chi connectivity index (χ4n) is 2.47. The number of aryl methyl sites for hydroxylation is 2. The van der Waals surface area contributed by atoms with Gasteiger partial charge in [-0.05, 0) is 68.1 Å². The average molecular weight is 311 g/mol. The number of nitrogens with one attached hydrogen (secondary N) is 1. The van der Waals surface area contributed by atoms with Gasteiger partial charge in [0, 0.05) is 21.4 Å². The molecule has 0 bridgehead atoms. The lowest BCUT2D eigenvalue weighted by Crippen LogP contribution is -2.27. The zero-order valence-electron chi connectivity index (χ0n) is 13.1. The monoisotopic (exact) mass is 311 g/mol. The van der Waals surface area contributed by atoms with Crippen LogP contribution in [0.2, 0.25) is 0 Å². The molecule has 1 saturated carbocycles. The summed E-state index contributed by atoms with van der Waals surface area (Å²) in [5.74, 6) is 0.394. The molecule has 1 N–H and O–H groups in total. The zero-order chi connectivity index (χ0) is 15.5. The predicted molar refractivity (Wildman–Crippen MR) is 92.5 cm³/mol. The molecular formula is C19H21NOS. The molecular weight excluding hydrogens is 290 g/mol. The van der Waals surface area contributed by atoms with Gasteiger partial charge in [-0.25, -0.2) is 0 Å². The SMILES string of the molecule is Cc1ccc(C)c(Sc2ccc(NC(=O)C3CCC3)cc2)c1. The van der Waals surface area contributed by atoms with Gasteiger partial charge in [-0.2, -0.15) is 0 Å². The number of carbonyl (C=O) groups excluding carboxylic acids is 1. The molecule has 0 atom stereocenters. The van der Waals surface area contributed by atoms with Crippen molar-refractivity contribution >= 4 is 23.4 Å². The van der Waals surface area contributed by atoms with Crippen LogP contribution in [0.15, 0.2) is 52.3 Å². The van der Waals surface area contributed by atoms with Gasteiger partial charge >= 0.3 is 0 Å². The van der Waals surface area contributed by atoms with Crippen LogP contribution in [-0.2, 0) is 4.79 Å². The van der Waals surface area contributed by atoms with E-state index in [9.17, 15) is 4.79 Å². The van der Waals surface area contributed by atoms with E-state index in [1.807, 2.05) is 12.1 Å². The molecule has 114 valence electrons. The molecule has 0 radical (unpaired) electrons. The molecule has 1 aliphatic rings. The fourth-order valence-corrected chi connectivity index (χ4v) is 3.47. The van der Waals surface area contributed by atoms with Crippen molar-refractivity contribution in [3.8, 4) is 0 Å². The van der Waals surface area contributed by atoms with Crippen LogP contribution in [0.25, 0.3) is 0 Å². The molecule has 3 rings (SSSR count). The first-order chi connectivity index (χ1) is 10.6. The average Bonchev–Trinajstić information content (AvgIpc) is 2.43. The van der Waals surface area contributed by atoms with E-state index in [0.717, 1.165) is 18.5 Å². The minimum Gasteiger partial charge on any atom is -0.326 e. The Morgan fingerprint density at radius 3 is 2.45 bits per heavy atom. The van der Waals surface area contributed by atoms with Gasteiger partial charge in [0.15, 0.2) is 0 Å². The quantitative estimate of drug-likeness (QED) is 0.841. The Kier molecular flexibility index (Phi) is 4.53. The molecule has 3 heteroatoms. The van der Waals surface area contributed by atoms with Crippen LogP contribution in [0.4, 0.5) is 5.69 Å². The van der Waals surface area contributed by atoms with Gasteiger partial charge in [0.25, 0.3) is 0 Å². The Labute approximate surface area is 136 Å². The Hall–Kier alpha value is -1.74. The largest absolute Gasteiger partial charge is 0.326 e. The number of benzene rings is 2. The van der Waals surface area contributed by atoms with Crippen molar-refractivity contribution in [2.75, 3.05) is 5.32 Å². The Bertz CT molecular complexity index is 674. The summed E-state index contributed by atoms with van der Waals surface area (Å²) >= 11 is 1.77. The molecule has 0 saturated heterocycles. The van der Waals surface area contributed by atoms with E-state index in [4.69, 9.17) is 0 Å². The van der Waals surface area contributed by atoms with Crippen LogP contribution in [0, 0.1) is 19.8 Å². The number of hydrogen-bond acceptors (Lipinski definition) is 2. The number of hydrogen-bond donors (Lipinski definition) is 1. The third-order valence-electron chi connectivity index (χ3n) is 4.17. The first-order valence-electron chi connectivity index (χ1n) is 7.78. The van der Waals surface area contributed by atoms with Gasteiger partial charge in [0.1, 0.15) is 0 Å². The molecule has 1 fully saturated rings. The topological polar surface area (TPSA) is 29.1 Å². The summed E-state index contributed by atoms with van der Waals surface area (Å²) in [4.78, 5) is 14.4. The van der Waals surface area contributed by atoms with Crippen molar-refractivity contribution in [1.82, 2.24) is 0 Å². The third kappa shape index (κ3) is 3.53. The lowest BCUT2D eigenvalue weighted by atomic mass is 9.85. The normalized spacial score (nSPS) is 14.5. The molecule has 2 nitrogen and oxygen atoms in total. The van der Waals surface area contributed by atoms with Gasteiger partial charge < -0.3 is 5.32 Å². The van der Waals surface area contributed by atoms with Gasteiger partial charge in [0.05, 0.1) is 0 Å². The van der Waals surface area contributed by atoms with Gasteiger partial charge in [-0.15, -0.1) is 0 Å². The van der Waals surface area contributed by atoms with E-state index in [1.54, 1.807) is 11.8 Å². The smallest absolute Gasteiger partial charge is 0.227 e. The highest BCUT2D eigenvalue weighted by atomic mass is 32.2. The minimum absolute atomic E-state index is 0.168. The van der Waals surface area contributed by atoms with Crippen molar-refractivity contribution in [2.45, 2.75) is 42.9 Å². The highest BCUT2D eigenvalue weighted by Crippen LogP contribution is 2.32. The van der Waals surface area contributed by atoms with E-state index in [-0.39, 0.29) is 11.8 Å². The van der Waals surface area contributed by atoms with E-state index in [2.05, 4.69) is 49.5 Å². The zero-order valence-corrected chi connectivity index (χ0v) is 13.9. The highest BCUT2D eigenvalue weighted by Gasteiger charge is 2.24. The van der Waals surface area contributed by atoms with Crippen LogP contribution in [0.1, 0.15) is 30.4 Å². The lowest BCUT2D eigenvalue weighted by Gasteiger charge is -2.24. The maximum absolute atomic E-state index is 11.9. The number of anilines is 1. The standard InChI is InChI=1S/C19H21NOS/c1-13-6-7-14(2)18(12-13)22-17-10-8-16(9-11-17)20-19(21)15-4-3-5-15/h6-12,15H,3-5H2,1-2H3,(H,20,21). The number of carbonyl (C=O) groups is 1. The summed E-state index contributed by atoms with van der Waals surface area (Å²) < 4.78 is 0. The number of rotatable bonds is 4. The minimum atomic E-state index is 0.168. The van der Waals surface area contributed by atoms with Gasteiger partial charge in [-0.3, -0.25) is 4.79 Å². The van der Waals surface area contributed by atoms with E-state index >= 15 is 0 Å². The van der Waals surface area contributed by atoms with Crippen molar-refractivity contribution < 1.29 is 4.79 Å². The fraction of sp³-hybridized carbons (Fsp3) is 0.316. The van der Waals surface area contributed by atoms with Gasteiger partial charge in [0.2, 0.25) is 5.91 Å². The van der Waals surface area contributed by atoms with Gasteiger partial charge in [-0.1, -0.05) is 30.3 Å². The maximum atomic E-state index is 11.9. The first-order valence-corrected chi connectivity index (χ1v) is 8.59. The van der Waals surface area contributed by atoms with Crippen molar-refractivity contribution in [3.63, 3.8) is 0 Å². The van der Waals surface area contributed by atoms with Crippen LogP contribution < -0.4 is 5.32 Å². The summed E-state index contributed by atoms with van der Waals surface area (Å²) in [5, 5.41) is 3.01. The predicted octanol–water partition coefficient (Wildman–Crippen LogP) is 5.19. The second-order valence-corrected chi connectivity index (χ2v) is 7.13. The molecule has 1 aliphatic carbocycles. The summed E-state index contributed by atoms with van der Waals surface area (Å²) in [6.07, 6.45) is 3.25. The Morgan fingerprint density at radius 1 is 1.09 bits per heavy atom. The molecule has 1 amide bonds. The van der Waals surface area contributed by atoms with E-state index < -0.39 is 0 Å². The van der Waals surface area contributed by atoms with Crippen LogP contribution in [0.3, 0.4) is 0 Å². The van der Waals surface area contributed by atoms with Crippen molar-refractivity contribution in [1.29, 1.82) is 0 Å². The summed E-state index contributed by atoms with van der Waals surface area (Å²) in [6, 6.07) is 14.6. The molecule has 22 heavy (non-hydrogen) atoms. The lowest BCUT2D eigenvalue weighted by molar-refractivity contribution is -0.122. The van der Waals surface area contributed by atoms with Crippen molar-refractivity contribution in [2.24, 2.45) is 5.92 Å². The molecule has 0 aromatic heterocycles. The maximum Gasteiger partial charge on any atom is 0.227 e. The molecule has 0 aliphatic heterocycles. The summed E-state index contributed by atoms with van der Waals surface area (Å²) in [6.45, 7) is 4.25. The second-order valence-electron chi connectivity index (χ2n) is 6.01. The summed E-state index contributed by atoms with van der Waals surface area (Å²) in [5.41, 5.74) is 3.46. The van der Waals surface area contributed by atoms with E-state index in [1.165, 1.54) is 27.3 Å². The molecule has 0 heterocycles. The molecule has 2 aromatic carbocycles. The third-order valence-corrected chi connectivity index (χ3v) is 5.34. The Balaban J connectivity index is 1.66. The molecule has 0 unspecified atom stereocenters. The van der Waals surface area contributed by atoms with E-state index in [0.29, 0.717) is 0 Å². The first kappa shape index (κ1) is 15.2. The second kappa shape index (κ2) is 6.57. The highest BCUT2D eigenvalue weighted by molar-refractivity contribution is 7.99.